The molecule has 3 atom stereocenters. The van der Waals surface area contributed by atoms with Crippen LogP contribution in [0.2, 0.25) is 0 Å². The second-order valence-corrected chi connectivity index (χ2v) is 12.6. The van der Waals surface area contributed by atoms with Crippen LogP contribution in [-0.4, -0.2) is 88.5 Å². The van der Waals surface area contributed by atoms with Gasteiger partial charge in [-0.3, -0.25) is 19.6 Å². The Morgan fingerprint density at radius 1 is 1.26 bits per heavy atom. The molecule has 1 aromatic heterocycles. The maximum atomic E-state index is 15.7. The van der Waals surface area contributed by atoms with Crippen molar-refractivity contribution in [3.05, 3.63) is 63.0 Å². The number of nitrogens with zero attached hydrogens (tertiary/aromatic N) is 4. The van der Waals surface area contributed by atoms with Crippen molar-refractivity contribution in [2.24, 2.45) is 10.4 Å². The largest absolute Gasteiger partial charge is 0.481 e. The number of alkyl halides is 2. The van der Waals surface area contributed by atoms with E-state index >= 15 is 8.78 Å². The Hall–Kier alpha value is -3.29. The molecule has 1 aromatic carbocycles. The van der Waals surface area contributed by atoms with Crippen molar-refractivity contribution in [1.82, 2.24) is 20.1 Å². The summed E-state index contributed by atoms with van der Waals surface area (Å²) in [5, 5.41) is 15.1. The third kappa shape index (κ3) is 5.46. The lowest BCUT2D eigenvalue weighted by Crippen LogP contribution is -2.46. The van der Waals surface area contributed by atoms with Crippen LogP contribution < -0.4 is 5.32 Å². The SMILES string of the molecule is CCOC(=O)C1=C(CN2CC(F)(F)C3C2CCN3CCC2(C(=O)O)CC2)NC(c2nccs2)=NC1c1cccc(F)c1C. The molecule has 4 heterocycles. The summed E-state index contributed by atoms with van der Waals surface area (Å²) >= 11 is 1.33. The molecule has 3 fully saturated rings. The van der Waals surface area contributed by atoms with Gasteiger partial charge in [0.1, 0.15) is 11.9 Å². The molecule has 230 valence electrons. The number of ether oxygens (including phenoxy) is 1. The van der Waals surface area contributed by atoms with E-state index in [1.165, 1.54) is 17.4 Å². The normalized spacial score (nSPS) is 26.2. The highest BCUT2D eigenvalue weighted by molar-refractivity contribution is 7.11. The Bertz CT molecular complexity index is 1480. The van der Waals surface area contributed by atoms with E-state index in [0.29, 0.717) is 66.4 Å². The minimum absolute atomic E-state index is 0.00688. The zero-order valence-corrected chi connectivity index (χ0v) is 24.8. The van der Waals surface area contributed by atoms with E-state index in [-0.39, 0.29) is 18.7 Å². The van der Waals surface area contributed by atoms with E-state index in [9.17, 15) is 19.1 Å². The Labute approximate surface area is 251 Å². The molecule has 2 saturated heterocycles. The predicted octanol–water partition coefficient (Wildman–Crippen LogP) is 4.15. The number of halogens is 3. The van der Waals surface area contributed by atoms with Crippen LogP contribution in [-0.2, 0) is 14.3 Å². The summed E-state index contributed by atoms with van der Waals surface area (Å²) in [7, 11) is 0. The molecule has 0 amide bonds. The zero-order valence-electron chi connectivity index (χ0n) is 24.0. The van der Waals surface area contributed by atoms with Crippen molar-refractivity contribution in [2.45, 2.75) is 63.6 Å². The fourth-order valence-electron chi connectivity index (χ4n) is 6.72. The van der Waals surface area contributed by atoms with Crippen molar-refractivity contribution >= 4 is 29.1 Å². The molecule has 9 nitrogen and oxygen atoms in total. The van der Waals surface area contributed by atoms with E-state index in [2.05, 4.69) is 10.3 Å². The highest BCUT2D eigenvalue weighted by Gasteiger charge is 2.60. The number of nitrogens with one attached hydrogen (secondary N) is 1. The highest BCUT2D eigenvalue weighted by Crippen LogP contribution is 2.50. The number of hydrogen-bond donors (Lipinski definition) is 2. The number of aliphatic imine (C=N–C) groups is 1. The van der Waals surface area contributed by atoms with Gasteiger partial charge >= 0.3 is 11.9 Å². The van der Waals surface area contributed by atoms with Gasteiger partial charge in [0.15, 0.2) is 10.8 Å². The van der Waals surface area contributed by atoms with Crippen LogP contribution in [0.5, 0.6) is 0 Å². The number of carbonyl (C=O) groups excluding carboxylic acids is 1. The van der Waals surface area contributed by atoms with Crippen LogP contribution in [0.15, 0.2) is 46.0 Å². The number of aliphatic carboxylic acids is 1. The molecule has 1 aliphatic carbocycles. The number of esters is 1. The molecule has 0 bridgehead atoms. The summed E-state index contributed by atoms with van der Waals surface area (Å²) < 4.78 is 51.5. The number of carboxylic acids is 1. The van der Waals surface area contributed by atoms with Gasteiger partial charge in [-0.1, -0.05) is 12.1 Å². The van der Waals surface area contributed by atoms with Crippen molar-refractivity contribution in [1.29, 1.82) is 0 Å². The summed E-state index contributed by atoms with van der Waals surface area (Å²) in [5.41, 5.74) is 0.527. The highest BCUT2D eigenvalue weighted by atomic mass is 32.1. The molecule has 2 N–H and O–H groups in total. The zero-order chi connectivity index (χ0) is 30.5. The Kier molecular flexibility index (Phi) is 7.84. The molecule has 1 saturated carbocycles. The van der Waals surface area contributed by atoms with Crippen molar-refractivity contribution in [3.8, 4) is 0 Å². The van der Waals surface area contributed by atoms with Gasteiger partial charge in [0.25, 0.3) is 5.92 Å². The molecule has 43 heavy (non-hydrogen) atoms. The first-order valence-corrected chi connectivity index (χ1v) is 15.4. The standard InChI is InChI=1S/C30H34F3N5O4S/c1-3-42-27(39)22-20(35-25(26-34-11-14-43-26)36-23(22)18-5-4-6-19(31)17(18)2)15-38-16-30(32,33)24-21(38)7-12-37(24)13-10-29(8-9-29)28(40)41/h4-6,11,14,21,23-24H,3,7-10,12-13,15-16H2,1-2H3,(H,35,36)(H,40,41). The molecule has 6 rings (SSSR count). The average molecular weight is 618 g/mol. The Morgan fingerprint density at radius 3 is 2.72 bits per heavy atom. The van der Waals surface area contributed by atoms with Crippen LogP contribution in [0.4, 0.5) is 13.2 Å². The second kappa shape index (κ2) is 11.3. The number of aromatic nitrogens is 1. The third-order valence-corrected chi connectivity index (χ3v) is 9.97. The number of carboxylic acid groups (broad SMARTS) is 1. The van der Waals surface area contributed by atoms with Crippen LogP contribution in [0.3, 0.4) is 0 Å². The van der Waals surface area contributed by atoms with Gasteiger partial charge in [-0.15, -0.1) is 11.3 Å². The van der Waals surface area contributed by atoms with Crippen molar-refractivity contribution in [2.75, 3.05) is 32.8 Å². The maximum Gasteiger partial charge on any atom is 0.338 e. The fraction of sp³-hybridized carbons (Fsp3) is 0.533. The molecule has 0 radical (unpaired) electrons. The van der Waals surface area contributed by atoms with Gasteiger partial charge in [-0.05, 0) is 63.3 Å². The van der Waals surface area contributed by atoms with E-state index in [0.717, 1.165) is 0 Å². The lowest BCUT2D eigenvalue weighted by Gasteiger charge is -2.31. The summed E-state index contributed by atoms with van der Waals surface area (Å²) in [5.74, 6) is -4.63. The number of likely N-dealkylation sites (tertiary alicyclic amines) is 2. The smallest absolute Gasteiger partial charge is 0.338 e. The number of rotatable bonds is 10. The number of thiazole rings is 1. The summed E-state index contributed by atoms with van der Waals surface area (Å²) in [6.07, 6.45) is 3.62. The minimum atomic E-state index is -3.04. The lowest BCUT2D eigenvalue weighted by molar-refractivity contribution is -0.144. The topological polar surface area (TPSA) is 107 Å². The lowest BCUT2D eigenvalue weighted by atomic mass is 9.92. The molecular weight excluding hydrogens is 583 g/mol. The van der Waals surface area contributed by atoms with Crippen molar-refractivity contribution < 1.29 is 32.6 Å². The molecule has 3 unspecified atom stereocenters. The maximum absolute atomic E-state index is 15.7. The minimum Gasteiger partial charge on any atom is -0.481 e. The fourth-order valence-corrected chi connectivity index (χ4v) is 7.31. The molecule has 13 heteroatoms. The van der Waals surface area contributed by atoms with Crippen LogP contribution in [0.25, 0.3) is 0 Å². The number of carbonyl (C=O) groups is 2. The van der Waals surface area contributed by atoms with Crippen LogP contribution in [0.1, 0.15) is 54.8 Å². The number of amidine groups is 1. The summed E-state index contributed by atoms with van der Waals surface area (Å²) in [4.78, 5) is 37.7. The van der Waals surface area contributed by atoms with Gasteiger partial charge in [-0.2, -0.15) is 0 Å². The summed E-state index contributed by atoms with van der Waals surface area (Å²) in [6, 6.07) is 2.10. The van der Waals surface area contributed by atoms with Crippen molar-refractivity contribution in [3.63, 3.8) is 0 Å². The van der Waals surface area contributed by atoms with Gasteiger partial charge in [0.05, 0.1) is 30.2 Å². The molecule has 3 aliphatic heterocycles. The molecular formula is C30H34F3N5O4S. The van der Waals surface area contributed by atoms with E-state index < -0.39 is 53.8 Å². The average Bonchev–Trinajstić information content (AvgIpc) is 3.28. The van der Waals surface area contributed by atoms with E-state index in [1.54, 1.807) is 47.4 Å². The van der Waals surface area contributed by atoms with E-state index in [1.807, 2.05) is 0 Å². The predicted molar refractivity (Wildman–Crippen MR) is 154 cm³/mol. The number of hydrogen-bond acceptors (Lipinski definition) is 9. The Morgan fingerprint density at radius 2 is 2.05 bits per heavy atom. The molecule has 2 aromatic rings. The van der Waals surface area contributed by atoms with E-state index in [4.69, 9.17) is 9.73 Å². The monoisotopic (exact) mass is 617 g/mol. The quantitative estimate of drug-likeness (QED) is 0.383. The van der Waals surface area contributed by atoms with Gasteiger partial charge in [-0.25, -0.2) is 22.9 Å². The van der Waals surface area contributed by atoms with Crippen LogP contribution >= 0.6 is 11.3 Å². The molecule has 4 aliphatic rings. The van der Waals surface area contributed by atoms with Gasteiger partial charge < -0.3 is 15.2 Å². The summed E-state index contributed by atoms with van der Waals surface area (Å²) in [6.45, 7) is 3.59. The number of benzene rings is 1. The third-order valence-electron chi connectivity index (χ3n) is 9.19. The van der Waals surface area contributed by atoms with Gasteiger partial charge in [0.2, 0.25) is 0 Å². The second-order valence-electron chi connectivity index (χ2n) is 11.7. The Balaban J connectivity index is 1.34. The first-order valence-electron chi connectivity index (χ1n) is 14.5. The number of fused-ring (bicyclic) bond motifs is 1. The van der Waals surface area contributed by atoms with Crippen LogP contribution in [0, 0.1) is 18.2 Å². The molecule has 0 spiro atoms. The van der Waals surface area contributed by atoms with Gasteiger partial charge in [0, 0.05) is 36.4 Å². The first kappa shape index (κ1) is 29.8. The first-order chi connectivity index (χ1) is 20.5.